The first kappa shape index (κ1) is 14.4. The SMILES string of the molecule is Cn1c(-c2ccccc2N)c(C2CCCCC2)c2ccccc21. The monoisotopic (exact) mass is 304 g/mol. The fourth-order valence-electron chi connectivity index (χ4n) is 4.27. The van der Waals surface area contributed by atoms with Gasteiger partial charge in [0.05, 0.1) is 5.69 Å². The van der Waals surface area contributed by atoms with Crippen molar-refractivity contribution in [2.45, 2.75) is 38.0 Å². The molecule has 1 aliphatic carbocycles. The maximum absolute atomic E-state index is 6.33. The van der Waals surface area contributed by atoms with E-state index in [9.17, 15) is 0 Å². The van der Waals surface area contributed by atoms with Gasteiger partial charge in [0.25, 0.3) is 0 Å². The zero-order chi connectivity index (χ0) is 15.8. The summed E-state index contributed by atoms with van der Waals surface area (Å²) >= 11 is 0. The molecule has 1 aliphatic rings. The Balaban J connectivity index is 2.02. The second-order valence-corrected chi connectivity index (χ2v) is 6.76. The van der Waals surface area contributed by atoms with Crippen molar-refractivity contribution < 1.29 is 0 Å². The van der Waals surface area contributed by atoms with Gasteiger partial charge in [-0.3, -0.25) is 0 Å². The molecule has 0 atom stereocenters. The summed E-state index contributed by atoms with van der Waals surface area (Å²) in [4.78, 5) is 0. The molecular formula is C21H24N2. The molecule has 1 saturated carbocycles. The third kappa shape index (κ3) is 2.33. The molecule has 0 saturated heterocycles. The minimum Gasteiger partial charge on any atom is -0.398 e. The number of rotatable bonds is 2. The largest absolute Gasteiger partial charge is 0.398 e. The number of aryl methyl sites for hydroxylation is 1. The molecule has 3 aromatic rings. The number of benzene rings is 2. The molecule has 118 valence electrons. The first-order chi connectivity index (χ1) is 11.3. The van der Waals surface area contributed by atoms with Gasteiger partial charge in [0.15, 0.2) is 0 Å². The molecule has 0 spiro atoms. The van der Waals surface area contributed by atoms with Crippen LogP contribution in [0.5, 0.6) is 0 Å². The highest BCUT2D eigenvalue weighted by atomic mass is 15.0. The minimum absolute atomic E-state index is 0.657. The van der Waals surface area contributed by atoms with Crippen LogP contribution < -0.4 is 5.73 Å². The summed E-state index contributed by atoms with van der Waals surface area (Å²) in [7, 11) is 2.18. The van der Waals surface area contributed by atoms with E-state index in [1.165, 1.54) is 59.8 Å². The second kappa shape index (κ2) is 5.77. The smallest absolute Gasteiger partial charge is 0.0544 e. The van der Waals surface area contributed by atoms with E-state index in [1.807, 2.05) is 12.1 Å². The lowest BCUT2D eigenvalue weighted by atomic mass is 9.81. The number of fused-ring (bicyclic) bond motifs is 1. The van der Waals surface area contributed by atoms with Crippen LogP contribution in [0.2, 0.25) is 0 Å². The number of nitrogen functional groups attached to an aromatic ring is 1. The van der Waals surface area contributed by atoms with Gasteiger partial charge in [0.2, 0.25) is 0 Å². The number of para-hydroxylation sites is 2. The van der Waals surface area contributed by atoms with Gasteiger partial charge < -0.3 is 10.3 Å². The first-order valence-electron chi connectivity index (χ1n) is 8.69. The lowest BCUT2D eigenvalue weighted by molar-refractivity contribution is 0.446. The number of hydrogen-bond donors (Lipinski definition) is 1. The van der Waals surface area contributed by atoms with E-state index in [2.05, 4.69) is 48.0 Å². The Morgan fingerprint density at radius 2 is 1.61 bits per heavy atom. The summed E-state index contributed by atoms with van der Waals surface area (Å²) in [6, 6.07) is 17.1. The quantitative estimate of drug-likeness (QED) is 0.625. The van der Waals surface area contributed by atoms with Crippen molar-refractivity contribution in [3.05, 3.63) is 54.1 Å². The van der Waals surface area contributed by atoms with Crippen molar-refractivity contribution in [1.82, 2.24) is 4.57 Å². The maximum Gasteiger partial charge on any atom is 0.0544 e. The van der Waals surface area contributed by atoms with Crippen LogP contribution in [0, 0.1) is 0 Å². The van der Waals surface area contributed by atoms with Crippen LogP contribution in [0.15, 0.2) is 48.5 Å². The molecule has 2 aromatic carbocycles. The molecule has 1 fully saturated rings. The van der Waals surface area contributed by atoms with Crippen LogP contribution in [0.1, 0.15) is 43.6 Å². The molecule has 0 bridgehead atoms. The molecular weight excluding hydrogens is 280 g/mol. The highest BCUT2D eigenvalue weighted by Crippen LogP contribution is 2.44. The van der Waals surface area contributed by atoms with Crippen molar-refractivity contribution in [2.24, 2.45) is 7.05 Å². The average Bonchev–Trinajstić information content (AvgIpc) is 2.89. The van der Waals surface area contributed by atoms with Crippen LogP contribution in [-0.2, 0) is 7.05 Å². The van der Waals surface area contributed by atoms with Gasteiger partial charge in [-0.25, -0.2) is 0 Å². The average molecular weight is 304 g/mol. The van der Waals surface area contributed by atoms with Gasteiger partial charge in [-0.1, -0.05) is 55.7 Å². The van der Waals surface area contributed by atoms with Gasteiger partial charge >= 0.3 is 0 Å². The fourth-order valence-corrected chi connectivity index (χ4v) is 4.27. The van der Waals surface area contributed by atoms with Crippen LogP contribution in [0.4, 0.5) is 5.69 Å². The second-order valence-electron chi connectivity index (χ2n) is 6.76. The standard InChI is InChI=1S/C21H24N2/c1-23-19-14-8-6-12-17(19)20(15-9-3-2-4-10-15)21(23)16-11-5-7-13-18(16)22/h5-8,11-15H,2-4,9-10,22H2,1H3. The van der Waals surface area contributed by atoms with E-state index in [-0.39, 0.29) is 0 Å². The van der Waals surface area contributed by atoms with Gasteiger partial charge in [-0.15, -0.1) is 0 Å². The van der Waals surface area contributed by atoms with Gasteiger partial charge in [0.1, 0.15) is 0 Å². The normalized spacial score (nSPS) is 16.0. The predicted molar refractivity (Wildman–Crippen MR) is 98.6 cm³/mol. The lowest BCUT2D eigenvalue weighted by Gasteiger charge is -2.23. The minimum atomic E-state index is 0.657. The number of nitrogens with two attached hydrogens (primary N) is 1. The molecule has 23 heavy (non-hydrogen) atoms. The zero-order valence-corrected chi connectivity index (χ0v) is 13.8. The van der Waals surface area contributed by atoms with Crippen LogP contribution in [0.25, 0.3) is 22.2 Å². The Morgan fingerprint density at radius 1 is 0.913 bits per heavy atom. The maximum atomic E-state index is 6.33. The molecule has 1 aromatic heterocycles. The number of hydrogen-bond acceptors (Lipinski definition) is 1. The van der Waals surface area contributed by atoms with Gasteiger partial charge in [-0.2, -0.15) is 0 Å². The van der Waals surface area contributed by atoms with E-state index in [4.69, 9.17) is 5.73 Å². The van der Waals surface area contributed by atoms with Gasteiger partial charge in [-0.05, 0) is 36.5 Å². The van der Waals surface area contributed by atoms with E-state index in [0.717, 1.165) is 5.69 Å². The molecule has 2 heteroatoms. The summed E-state index contributed by atoms with van der Waals surface area (Å²) in [5, 5.41) is 1.40. The topological polar surface area (TPSA) is 30.9 Å². The molecule has 1 heterocycles. The summed E-state index contributed by atoms with van der Waals surface area (Å²) in [5.41, 5.74) is 12.5. The van der Waals surface area contributed by atoms with Crippen molar-refractivity contribution in [1.29, 1.82) is 0 Å². The third-order valence-corrected chi connectivity index (χ3v) is 5.38. The highest BCUT2D eigenvalue weighted by Gasteiger charge is 2.25. The Labute approximate surface area is 137 Å². The summed E-state index contributed by atoms with van der Waals surface area (Å²) in [5.74, 6) is 0.657. The molecule has 2 N–H and O–H groups in total. The van der Waals surface area contributed by atoms with Crippen LogP contribution in [0.3, 0.4) is 0 Å². The lowest BCUT2D eigenvalue weighted by Crippen LogP contribution is -2.07. The molecule has 2 nitrogen and oxygen atoms in total. The number of nitrogens with zero attached hydrogens (tertiary/aromatic N) is 1. The fraction of sp³-hybridized carbons (Fsp3) is 0.333. The summed E-state index contributed by atoms with van der Waals surface area (Å²) < 4.78 is 2.34. The van der Waals surface area contributed by atoms with E-state index in [1.54, 1.807) is 0 Å². The van der Waals surface area contributed by atoms with Crippen molar-refractivity contribution >= 4 is 16.6 Å². The van der Waals surface area contributed by atoms with Crippen LogP contribution in [-0.4, -0.2) is 4.57 Å². The summed E-state index contributed by atoms with van der Waals surface area (Å²) in [6.07, 6.45) is 6.67. The molecule has 0 radical (unpaired) electrons. The first-order valence-corrected chi connectivity index (χ1v) is 8.69. The Hall–Kier alpha value is -2.22. The number of anilines is 1. The number of aromatic nitrogens is 1. The van der Waals surface area contributed by atoms with Crippen molar-refractivity contribution in [2.75, 3.05) is 5.73 Å². The predicted octanol–water partition coefficient (Wildman–Crippen LogP) is 5.48. The van der Waals surface area contributed by atoms with E-state index >= 15 is 0 Å². The van der Waals surface area contributed by atoms with Gasteiger partial charge in [0, 0.05) is 29.2 Å². The Bertz CT molecular complexity index is 838. The third-order valence-electron chi connectivity index (χ3n) is 5.38. The molecule has 4 rings (SSSR count). The zero-order valence-electron chi connectivity index (χ0n) is 13.8. The Morgan fingerprint density at radius 3 is 2.39 bits per heavy atom. The van der Waals surface area contributed by atoms with Crippen molar-refractivity contribution in [3.8, 4) is 11.3 Å². The van der Waals surface area contributed by atoms with Crippen molar-refractivity contribution in [3.63, 3.8) is 0 Å². The highest BCUT2D eigenvalue weighted by molar-refractivity contribution is 5.94. The van der Waals surface area contributed by atoms with E-state index in [0.29, 0.717) is 5.92 Å². The van der Waals surface area contributed by atoms with E-state index < -0.39 is 0 Å². The molecule has 0 aliphatic heterocycles. The molecule has 0 unspecified atom stereocenters. The summed E-state index contributed by atoms with van der Waals surface area (Å²) in [6.45, 7) is 0. The van der Waals surface area contributed by atoms with Crippen LogP contribution >= 0.6 is 0 Å². The Kier molecular flexibility index (Phi) is 3.60. The molecule has 0 amide bonds.